The van der Waals surface area contributed by atoms with Crippen molar-refractivity contribution in [2.75, 3.05) is 0 Å². The summed E-state index contributed by atoms with van der Waals surface area (Å²) in [5, 5.41) is 0. The summed E-state index contributed by atoms with van der Waals surface area (Å²) in [7, 11) is 0. The van der Waals surface area contributed by atoms with E-state index in [2.05, 4.69) is 51.1 Å². The topological polar surface area (TPSA) is 0 Å². The maximum atomic E-state index is 2.47. The van der Waals surface area contributed by atoms with Crippen LogP contribution in [0.2, 0.25) is 0 Å². The molecule has 0 bridgehead atoms. The smallest absolute Gasteiger partial charge is 0.0248 e. The van der Waals surface area contributed by atoms with Crippen molar-refractivity contribution in [2.45, 2.75) is 72.1 Å². The molecule has 3 unspecified atom stereocenters. The molecule has 1 aromatic carbocycles. The van der Waals surface area contributed by atoms with Crippen LogP contribution in [0.4, 0.5) is 0 Å². The molecule has 3 atom stereocenters. The Morgan fingerprint density at radius 2 is 1.67 bits per heavy atom. The van der Waals surface area contributed by atoms with E-state index >= 15 is 0 Å². The van der Waals surface area contributed by atoms with Crippen LogP contribution < -0.4 is 0 Å². The average Bonchev–Trinajstić information content (AvgIpc) is 2.48. The molecule has 1 aliphatic carbocycles. The van der Waals surface area contributed by atoms with Crippen LogP contribution in [-0.2, 0) is 6.42 Å². The second-order valence-corrected chi connectivity index (χ2v) is 7.35. The van der Waals surface area contributed by atoms with Crippen LogP contribution in [0.3, 0.4) is 0 Å². The molecule has 0 N–H and O–H groups in total. The highest BCUT2D eigenvalue weighted by Crippen LogP contribution is 2.45. The molecule has 1 aromatic rings. The summed E-state index contributed by atoms with van der Waals surface area (Å²) in [6.45, 7) is 7.15. The van der Waals surface area contributed by atoms with Gasteiger partial charge in [-0.2, -0.15) is 0 Å². The fourth-order valence-corrected chi connectivity index (χ4v) is 4.45. The predicted molar refractivity (Wildman–Crippen MR) is 93.4 cm³/mol. The maximum Gasteiger partial charge on any atom is -0.0248 e. The minimum Gasteiger partial charge on any atom is -0.0654 e. The molecule has 0 spiro atoms. The van der Waals surface area contributed by atoms with Gasteiger partial charge >= 0.3 is 0 Å². The van der Waals surface area contributed by atoms with E-state index in [1.54, 1.807) is 0 Å². The molecule has 21 heavy (non-hydrogen) atoms. The number of hydrogen-bond acceptors (Lipinski definition) is 0. The van der Waals surface area contributed by atoms with Crippen molar-refractivity contribution < 1.29 is 0 Å². The first-order valence-electron chi connectivity index (χ1n) is 9.28. The lowest BCUT2D eigenvalue weighted by Crippen LogP contribution is -2.36. The Labute approximate surface area is 132 Å². The lowest BCUT2D eigenvalue weighted by atomic mass is 9.61. The van der Waals surface area contributed by atoms with E-state index in [4.69, 9.17) is 0 Å². The summed E-state index contributed by atoms with van der Waals surface area (Å²) in [5.41, 5.74) is 1.54. The Bertz CT molecular complexity index is 374. The maximum absolute atomic E-state index is 2.47. The first-order valence-corrected chi connectivity index (χ1v) is 9.28. The van der Waals surface area contributed by atoms with Gasteiger partial charge in [0, 0.05) is 0 Å². The van der Waals surface area contributed by atoms with E-state index in [1.807, 2.05) is 0 Å². The van der Waals surface area contributed by atoms with Crippen LogP contribution in [0.25, 0.3) is 0 Å². The summed E-state index contributed by atoms with van der Waals surface area (Å²) in [5.74, 6) is 3.89. The van der Waals surface area contributed by atoms with Crippen LogP contribution in [0.1, 0.15) is 71.3 Å². The van der Waals surface area contributed by atoms with Crippen molar-refractivity contribution >= 4 is 0 Å². The first-order chi connectivity index (χ1) is 10.2. The van der Waals surface area contributed by atoms with Gasteiger partial charge in [-0.05, 0) is 48.5 Å². The van der Waals surface area contributed by atoms with Gasteiger partial charge in [-0.25, -0.2) is 0 Å². The highest BCUT2D eigenvalue weighted by molar-refractivity contribution is 5.16. The molecule has 0 nitrogen and oxygen atoms in total. The summed E-state index contributed by atoms with van der Waals surface area (Å²) in [6.07, 6.45) is 11.3. The van der Waals surface area contributed by atoms with Gasteiger partial charge in [0.2, 0.25) is 0 Å². The lowest BCUT2D eigenvalue weighted by Gasteiger charge is -2.44. The molecule has 1 fully saturated rings. The van der Waals surface area contributed by atoms with Crippen LogP contribution in [0.5, 0.6) is 0 Å². The molecule has 1 saturated carbocycles. The normalized spacial score (nSPS) is 25.0. The molecular formula is C21H34. The Morgan fingerprint density at radius 1 is 1.00 bits per heavy atom. The molecule has 0 heteroatoms. The fourth-order valence-electron chi connectivity index (χ4n) is 4.45. The molecule has 2 rings (SSSR count). The van der Waals surface area contributed by atoms with Gasteiger partial charge in [0.1, 0.15) is 0 Å². The summed E-state index contributed by atoms with van der Waals surface area (Å²) >= 11 is 0. The fraction of sp³-hybridized carbons (Fsp3) is 0.714. The van der Waals surface area contributed by atoms with Gasteiger partial charge in [0.25, 0.3) is 0 Å². The molecule has 0 aliphatic heterocycles. The second kappa shape index (κ2) is 8.61. The van der Waals surface area contributed by atoms with E-state index in [-0.39, 0.29) is 0 Å². The Hall–Kier alpha value is -0.780. The zero-order valence-electron chi connectivity index (χ0n) is 14.4. The highest BCUT2D eigenvalue weighted by atomic mass is 14.4. The van der Waals surface area contributed by atoms with Crippen molar-refractivity contribution in [3.05, 3.63) is 35.9 Å². The summed E-state index contributed by atoms with van der Waals surface area (Å²) < 4.78 is 0. The second-order valence-electron chi connectivity index (χ2n) is 7.35. The Kier molecular flexibility index (Phi) is 6.80. The van der Waals surface area contributed by atoms with Gasteiger partial charge in [-0.15, -0.1) is 0 Å². The summed E-state index contributed by atoms with van der Waals surface area (Å²) in [4.78, 5) is 0. The predicted octanol–water partition coefficient (Wildman–Crippen LogP) is 6.50. The van der Waals surface area contributed by atoms with E-state index in [0.29, 0.717) is 0 Å². The minimum absolute atomic E-state index is 0.950. The zero-order valence-corrected chi connectivity index (χ0v) is 14.4. The van der Waals surface area contributed by atoms with E-state index in [1.165, 1.54) is 56.9 Å². The van der Waals surface area contributed by atoms with Crippen LogP contribution >= 0.6 is 0 Å². The molecule has 0 saturated heterocycles. The largest absolute Gasteiger partial charge is 0.0654 e. The Balaban J connectivity index is 1.80. The third-order valence-corrected chi connectivity index (χ3v) is 5.65. The molecule has 0 aromatic heterocycles. The minimum atomic E-state index is 0.950. The van der Waals surface area contributed by atoms with Crippen molar-refractivity contribution in [1.82, 2.24) is 0 Å². The molecule has 0 heterocycles. The third kappa shape index (κ3) is 4.87. The van der Waals surface area contributed by atoms with E-state index < -0.39 is 0 Å². The molecular weight excluding hydrogens is 252 g/mol. The SMILES string of the molecule is CCCC(CCC)CCC1C(C)CC1Cc1ccccc1. The van der Waals surface area contributed by atoms with Gasteiger partial charge in [0.05, 0.1) is 0 Å². The first kappa shape index (κ1) is 16.6. The van der Waals surface area contributed by atoms with Gasteiger partial charge in [-0.3, -0.25) is 0 Å². The number of benzene rings is 1. The molecule has 0 amide bonds. The lowest BCUT2D eigenvalue weighted by molar-refractivity contribution is 0.0696. The van der Waals surface area contributed by atoms with E-state index in [9.17, 15) is 0 Å². The average molecular weight is 287 g/mol. The third-order valence-electron chi connectivity index (χ3n) is 5.65. The summed E-state index contributed by atoms with van der Waals surface area (Å²) in [6, 6.07) is 11.1. The molecule has 0 radical (unpaired) electrons. The molecule has 1 aliphatic rings. The Morgan fingerprint density at radius 3 is 2.24 bits per heavy atom. The van der Waals surface area contributed by atoms with E-state index in [0.717, 1.165) is 23.7 Å². The van der Waals surface area contributed by atoms with Crippen LogP contribution in [0.15, 0.2) is 30.3 Å². The van der Waals surface area contributed by atoms with Crippen LogP contribution in [0, 0.1) is 23.7 Å². The van der Waals surface area contributed by atoms with Crippen molar-refractivity contribution in [2.24, 2.45) is 23.7 Å². The number of hydrogen-bond donors (Lipinski definition) is 0. The van der Waals surface area contributed by atoms with Crippen molar-refractivity contribution in [3.63, 3.8) is 0 Å². The van der Waals surface area contributed by atoms with Gasteiger partial charge < -0.3 is 0 Å². The van der Waals surface area contributed by atoms with Crippen molar-refractivity contribution in [1.29, 1.82) is 0 Å². The van der Waals surface area contributed by atoms with Gasteiger partial charge in [-0.1, -0.05) is 83.2 Å². The molecule has 118 valence electrons. The monoisotopic (exact) mass is 286 g/mol. The highest BCUT2D eigenvalue weighted by Gasteiger charge is 2.37. The quantitative estimate of drug-likeness (QED) is 0.486. The zero-order chi connectivity index (χ0) is 15.1. The van der Waals surface area contributed by atoms with Crippen LogP contribution in [-0.4, -0.2) is 0 Å². The van der Waals surface area contributed by atoms with Crippen molar-refractivity contribution in [3.8, 4) is 0 Å². The standard InChI is InChI=1S/C21H34/c1-4-9-18(10-5-2)13-14-21-17(3)15-20(21)16-19-11-7-6-8-12-19/h6-8,11-12,17-18,20-21H,4-5,9-10,13-16H2,1-3H3. The number of rotatable bonds is 9. The van der Waals surface area contributed by atoms with Gasteiger partial charge in [0.15, 0.2) is 0 Å².